The number of nitrogens with one attached hydrogen (secondary N) is 1. The van der Waals surface area contributed by atoms with Crippen molar-refractivity contribution >= 4 is 17.6 Å². The number of ether oxygens (including phenoxy) is 1. The third-order valence-corrected chi connectivity index (χ3v) is 4.33. The predicted octanol–water partition coefficient (Wildman–Crippen LogP) is 2.06. The van der Waals surface area contributed by atoms with Gasteiger partial charge in [-0.2, -0.15) is 0 Å². The summed E-state index contributed by atoms with van der Waals surface area (Å²) in [4.78, 5) is 41.2. The minimum atomic E-state index is -1.10. The molecule has 0 bridgehead atoms. The molecule has 0 radical (unpaired) electrons. The van der Waals surface area contributed by atoms with Crippen molar-refractivity contribution in [1.29, 1.82) is 0 Å². The van der Waals surface area contributed by atoms with E-state index in [2.05, 4.69) is 10.3 Å². The summed E-state index contributed by atoms with van der Waals surface area (Å²) in [5.41, 5.74) is 1.11. The summed E-state index contributed by atoms with van der Waals surface area (Å²) >= 11 is 0. The maximum atomic E-state index is 12.8. The molecular weight excluding hydrogens is 360 g/mol. The fraction of sp³-hybridized carbons (Fsp3) is 0.200. The highest BCUT2D eigenvalue weighted by molar-refractivity contribution is 5.97. The quantitative estimate of drug-likeness (QED) is 0.684. The van der Waals surface area contributed by atoms with E-state index in [1.165, 1.54) is 23.9 Å². The number of para-hydroxylation sites is 1. The van der Waals surface area contributed by atoms with E-state index < -0.39 is 18.0 Å². The van der Waals surface area contributed by atoms with Gasteiger partial charge in [0.25, 0.3) is 11.5 Å². The molecule has 0 aliphatic heterocycles. The van der Waals surface area contributed by atoms with E-state index in [1.807, 2.05) is 18.2 Å². The Labute approximate surface area is 161 Å². The summed E-state index contributed by atoms with van der Waals surface area (Å²) < 4.78 is 8.25. The number of amides is 1. The first-order valence-electron chi connectivity index (χ1n) is 8.67. The zero-order chi connectivity index (χ0) is 20.3. The standard InChI is InChI=1S/C20H20N4O4/c1-13-17(19(26)24(23(13)3)15-9-5-4-6-10-15)22-18(25)14(2)28-20(27)16-11-7-8-12-21-16/h4-12,14H,1-3H3,(H,22,25). The summed E-state index contributed by atoms with van der Waals surface area (Å²) in [5, 5.41) is 2.58. The summed E-state index contributed by atoms with van der Waals surface area (Å²) in [6, 6.07) is 13.9. The normalized spacial score (nSPS) is 11.7. The summed E-state index contributed by atoms with van der Waals surface area (Å²) in [7, 11) is 1.73. The van der Waals surface area contributed by atoms with Gasteiger partial charge in [-0.25, -0.2) is 14.5 Å². The zero-order valence-electron chi connectivity index (χ0n) is 15.7. The van der Waals surface area contributed by atoms with Crippen LogP contribution in [-0.4, -0.2) is 32.3 Å². The molecule has 2 heterocycles. The number of carbonyl (C=O) groups is 2. The van der Waals surface area contributed by atoms with Crippen LogP contribution >= 0.6 is 0 Å². The average molecular weight is 380 g/mol. The SMILES string of the molecule is Cc1c(NC(=O)C(C)OC(=O)c2ccccn2)c(=O)n(-c2ccccc2)n1C. The zero-order valence-corrected chi connectivity index (χ0v) is 15.7. The lowest BCUT2D eigenvalue weighted by atomic mass is 10.3. The molecular formula is C20H20N4O4. The number of pyridine rings is 1. The fourth-order valence-electron chi connectivity index (χ4n) is 2.70. The molecule has 1 atom stereocenters. The topological polar surface area (TPSA) is 95.2 Å². The number of aromatic nitrogens is 3. The van der Waals surface area contributed by atoms with Crippen LogP contribution in [0.1, 0.15) is 23.1 Å². The van der Waals surface area contributed by atoms with Crippen molar-refractivity contribution < 1.29 is 14.3 Å². The van der Waals surface area contributed by atoms with Crippen LogP contribution in [0, 0.1) is 6.92 Å². The molecule has 3 rings (SSSR count). The Hall–Kier alpha value is -3.68. The van der Waals surface area contributed by atoms with Crippen molar-refractivity contribution in [1.82, 2.24) is 14.3 Å². The van der Waals surface area contributed by atoms with Crippen molar-refractivity contribution in [2.75, 3.05) is 5.32 Å². The van der Waals surface area contributed by atoms with Crippen LogP contribution in [0.5, 0.6) is 0 Å². The number of benzene rings is 1. The molecule has 8 heteroatoms. The van der Waals surface area contributed by atoms with E-state index in [0.717, 1.165) is 0 Å². The molecule has 0 saturated carbocycles. The molecule has 28 heavy (non-hydrogen) atoms. The van der Waals surface area contributed by atoms with Gasteiger partial charge < -0.3 is 10.1 Å². The van der Waals surface area contributed by atoms with Crippen molar-refractivity contribution in [2.45, 2.75) is 20.0 Å². The van der Waals surface area contributed by atoms with Crippen LogP contribution in [0.25, 0.3) is 5.69 Å². The first-order valence-corrected chi connectivity index (χ1v) is 8.67. The number of carbonyl (C=O) groups excluding carboxylic acids is 2. The highest BCUT2D eigenvalue weighted by Gasteiger charge is 2.23. The number of hydrogen-bond donors (Lipinski definition) is 1. The number of nitrogens with zero attached hydrogens (tertiary/aromatic N) is 3. The summed E-state index contributed by atoms with van der Waals surface area (Å²) in [5.74, 6) is -1.31. The Morgan fingerprint density at radius 2 is 1.79 bits per heavy atom. The van der Waals surface area contributed by atoms with E-state index in [0.29, 0.717) is 11.4 Å². The fourth-order valence-corrected chi connectivity index (χ4v) is 2.70. The Morgan fingerprint density at radius 3 is 2.43 bits per heavy atom. The van der Waals surface area contributed by atoms with Gasteiger partial charge in [-0.1, -0.05) is 24.3 Å². The largest absolute Gasteiger partial charge is 0.448 e. The molecule has 0 aliphatic rings. The molecule has 0 spiro atoms. The monoisotopic (exact) mass is 380 g/mol. The van der Waals surface area contributed by atoms with E-state index in [-0.39, 0.29) is 16.9 Å². The maximum Gasteiger partial charge on any atom is 0.357 e. The van der Waals surface area contributed by atoms with Crippen molar-refractivity contribution in [2.24, 2.45) is 7.05 Å². The Bertz CT molecular complexity index is 1060. The Balaban J connectivity index is 1.79. The molecule has 1 amide bonds. The van der Waals surface area contributed by atoms with Crippen LogP contribution in [0.4, 0.5) is 5.69 Å². The second-order valence-electron chi connectivity index (χ2n) is 6.19. The molecule has 1 aromatic carbocycles. The number of hydrogen-bond acceptors (Lipinski definition) is 5. The van der Waals surface area contributed by atoms with Gasteiger partial charge in [-0.05, 0) is 38.1 Å². The van der Waals surface area contributed by atoms with Crippen molar-refractivity contribution in [3.8, 4) is 5.69 Å². The molecule has 0 fully saturated rings. The highest BCUT2D eigenvalue weighted by atomic mass is 16.5. The van der Waals surface area contributed by atoms with Gasteiger partial charge in [0.1, 0.15) is 11.4 Å². The number of anilines is 1. The van der Waals surface area contributed by atoms with Gasteiger partial charge >= 0.3 is 5.97 Å². The van der Waals surface area contributed by atoms with Crippen LogP contribution in [0.2, 0.25) is 0 Å². The van der Waals surface area contributed by atoms with Gasteiger partial charge in [-0.3, -0.25) is 14.3 Å². The number of rotatable bonds is 5. The van der Waals surface area contributed by atoms with E-state index in [1.54, 1.807) is 42.9 Å². The molecule has 1 N–H and O–H groups in total. The maximum absolute atomic E-state index is 12.8. The van der Waals surface area contributed by atoms with Crippen molar-refractivity contribution in [3.05, 3.63) is 76.5 Å². The molecule has 0 aliphatic carbocycles. The first kappa shape index (κ1) is 19.1. The molecule has 1 unspecified atom stereocenters. The van der Waals surface area contributed by atoms with Gasteiger partial charge in [-0.15, -0.1) is 0 Å². The molecule has 3 aromatic rings. The lowest BCUT2D eigenvalue weighted by Gasteiger charge is -2.12. The smallest absolute Gasteiger partial charge is 0.357 e. The summed E-state index contributed by atoms with van der Waals surface area (Å²) in [6.45, 7) is 3.16. The lowest BCUT2D eigenvalue weighted by Crippen LogP contribution is -2.32. The molecule has 2 aromatic heterocycles. The predicted molar refractivity (Wildman–Crippen MR) is 103 cm³/mol. The third kappa shape index (κ3) is 3.71. The first-order chi connectivity index (χ1) is 13.4. The number of esters is 1. The van der Waals surface area contributed by atoms with Crippen LogP contribution in [0.15, 0.2) is 59.5 Å². The molecule has 144 valence electrons. The minimum Gasteiger partial charge on any atom is -0.448 e. The average Bonchev–Trinajstić information content (AvgIpc) is 2.92. The van der Waals surface area contributed by atoms with Crippen LogP contribution in [0.3, 0.4) is 0 Å². The molecule has 0 saturated heterocycles. The molecule has 8 nitrogen and oxygen atoms in total. The second kappa shape index (κ2) is 7.91. The van der Waals surface area contributed by atoms with Gasteiger partial charge in [0.05, 0.1) is 11.4 Å². The highest BCUT2D eigenvalue weighted by Crippen LogP contribution is 2.14. The van der Waals surface area contributed by atoms with E-state index in [9.17, 15) is 14.4 Å². The van der Waals surface area contributed by atoms with E-state index >= 15 is 0 Å². The minimum absolute atomic E-state index is 0.101. The second-order valence-corrected chi connectivity index (χ2v) is 6.19. The van der Waals surface area contributed by atoms with Gasteiger partial charge in [0.15, 0.2) is 6.10 Å². The van der Waals surface area contributed by atoms with Crippen molar-refractivity contribution in [3.63, 3.8) is 0 Å². The van der Waals surface area contributed by atoms with Crippen LogP contribution < -0.4 is 10.9 Å². The van der Waals surface area contributed by atoms with E-state index in [4.69, 9.17) is 4.74 Å². The van der Waals surface area contributed by atoms with Gasteiger partial charge in [0.2, 0.25) is 0 Å². The Morgan fingerprint density at radius 1 is 1.11 bits per heavy atom. The third-order valence-electron chi connectivity index (χ3n) is 4.33. The van der Waals surface area contributed by atoms with Gasteiger partial charge in [0, 0.05) is 13.2 Å². The Kier molecular flexibility index (Phi) is 5.39. The lowest BCUT2D eigenvalue weighted by molar-refractivity contribution is -0.123. The summed E-state index contributed by atoms with van der Waals surface area (Å²) in [6.07, 6.45) is 0.361. The van der Waals surface area contributed by atoms with Crippen LogP contribution in [-0.2, 0) is 16.6 Å².